The Morgan fingerprint density at radius 2 is 2.25 bits per heavy atom. The van der Waals surface area contributed by atoms with Gasteiger partial charge in [-0.2, -0.15) is 0 Å². The molecule has 0 aliphatic rings. The number of halogens is 2. The zero-order valence-electron chi connectivity index (χ0n) is 6.34. The molecule has 0 saturated carbocycles. The van der Waals surface area contributed by atoms with Gasteiger partial charge >= 0.3 is 0 Å². The van der Waals surface area contributed by atoms with Crippen LogP contribution in [0.2, 0.25) is 10.2 Å². The molecule has 66 valence electrons. The lowest BCUT2D eigenvalue weighted by Crippen LogP contribution is -1.94. The van der Waals surface area contributed by atoms with Crippen LogP contribution >= 0.6 is 23.2 Å². The van der Waals surface area contributed by atoms with Crippen LogP contribution in [0.5, 0.6) is 5.75 Å². The number of methoxy groups -OCH3 is 1. The van der Waals surface area contributed by atoms with E-state index in [2.05, 4.69) is 4.98 Å². The Morgan fingerprint density at radius 1 is 1.58 bits per heavy atom. The van der Waals surface area contributed by atoms with E-state index in [0.717, 1.165) is 0 Å². The van der Waals surface area contributed by atoms with Crippen molar-refractivity contribution in [2.75, 3.05) is 7.11 Å². The predicted octanol–water partition coefficient (Wildman–Crippen LogP) is 1.89. The molecule has 0 aliphatic carbocycles. The zero-order valence-corrected chi connectivity index (χ0v) is 7.85. The first-order chi connectivity index (χ1) is 5.69. The fourth-order valence-electron chi connectivity index (χ4n) is 0.739. The van der Waals surface area contributed by atoms with Crippen LogP contribution < -0.4 is 4.74 Å². The van der Waals surface area contributed by atoms with Gasteiger partial charge in [0.2, 0.25) is 0 Å². The van der Waals surface area contributed by atoms with Crippen molar-refractivity contribution in [2.24, 2.45) is 0 Å². The second kappa shape index (κ2) is 3.94. The first-order valence-electron chi connectivity index (χ1n) is 3.18. The molecule has 0 atom stereocenters. The number of hydrogen-bond donors (Lipinski definition) is 1. The number of nitrogens with zero attached hydrogens (tertiary/aromatic N) is 1. The lowest BCUT2D eigenvalue weighted by molar-refractivity contribution is 0.276. The molecule has 1 N–H and O–H groups in total. The fourth-order valence-corrected chi connectivity index (χ4v) is 1.17. The average molecular weight is 208 g/mol. The Labute approximate surface area is 79.9 Å². The van der Waals surface area contributed by atoms with Gasteiger partial charge in [-0.25, -0.2) is 4.98 Å². The Balaban J connectivity index is 3.16. The summed E-state index contributed by atoms with van der Waals surface area (Å²) < 4.78 is 4.86. The second-order valence-electron chi connectivity index (χ2n) is 2.07. The number of ether oxygens (including phenoxy) is 1. The summed E-state index contributed by atoms with van der Waals surface area (Å²) in [6.45, 7) is -0.234. The van der Waals surface area contributed by atoms with E-state index in [4.69, 9.17) is 33.0 Å². The summed E-state index contributed by atoms with van der Waals surface area (Å²) in [5.41, 5.74) is 0.350. The van der Waals surface area contributed by atoms with Crippen molar-refractivity contribution in [3.05, 3.63) is 21.9 Å². The van der Waals surface area contributed by atoms with E-state index < -0.39 is 0 Å². The minimum absolute atomic E-state index is 0.200. The van der Waals surface area contributed by atoms with E-state index in [9.17, 15) is 0 Å². The highest BCUT2D eigenvalue weighted by Crippen LogP contribution is 2.27. The topological polar surface area (TPSA) is 42.4 Å². The van der Waals surface area contributed by atoms with Crippen LogP contribution in [0.25, 0.3) is 0 Å². The maximum atomic E-state index is 8.76. The number of aliphatic hydroxyl groups is 1. The summed E-state index contributed by atoms with van der Waals surface area (Å²) in [7, 11) is 1.47. The van der Waals surface area contributed by atoms with Gasteiger partial charge in [0.15, 0.2) is 10.9 Å². The van der Waals surface area contributed by atoms with Crippen LogP contribution in [-0.2, 0) is 6.61 Å². The highest BCUT2D eigenvalue weighted by molar-refractivity contribution is 6.33. The minimum Gasteiger partial charge on any atom is -0.493 e. The summed E-state index contributed by atoms with van der Waals surface area (Å²) in [6.07, 6.45) is 0. The number of pyridine rings is 1. The maximum absolute atomic E-state index is 8.76. The monoisotopic (exact) mass is 207 g/mol. The van der Waals surface area contributed by atoms with Gasteiger partial charge in [-0.15, -0.1) is 0 Å². The zero-order chi connectivity index (χ0) is 9.14. The van der Waals surface area contributed by atoms with Crippen LogP contribution in [0.15, 0.2) is 6.07 Å². The molecule has 0 bridgehead atoms. The third-order valence-corrected chi connectivity index (χ3v) is 1.94. The number of aromatic nitrogens is 1. The largest absolute Gasteiger partial charge is 0.493 e. The number of hydrogen-bond acceptors (Lipinski definition) is 3. The quantitative estimate of drug-likeness (QED) is 0.754. The SMILES string of the molecule is COc1cc(Cl)c(CO)nc1Cl. The number of rotatable bonds is 2. The molecule has 3 nitrogen and oxygen atoms in total. The van der Waals surface area contributed by atoms with Gasteiger partial charge in [0.25, 0.3) is 0 Å². The summed E-state index contributed by atoms with van der Waals surface area (Å²) in [5, 5.41) is 9.31. The normalized spacial score (nSPS) is 10.0. The van der Waals surface area contributed by atoms with E-state index in [1.165, 1.54) is 13.2 Å². The molecule has 0 aliphatic heterocycles. The molecular formula is C7H7Cl2NO2. The molecule has 0 saturated heterocycles. The molecule has 1 rings (SSSR count). The molecule has 0 spiro atoms. The average Bonchev–Trinajstić information content (AvgIpc) is 2.08. The molecule has 0 unspecified atom stereocenters. The van der Waals surface area contributed by atoms with Gasteiger partial charge in [0, 0.05) is 6.07 Å². The van der Waals surface area contributed by atoms with Gasteiger partial charge in [0.05, 0.1) is 24.4 Å². The van der Waals surface area contributed by atoms with Crippen LogP contribution in [0.1, 0.15) is 5.69 Å². The molecule has 0 radical (unpaired) electrons. The van der Waals surface area contributed by atoms with Crippen molar-refractivity contribution in [3.63, 3.8) is 0 Å². The Hall–Kier alpha value is -0.510. The van der Waals surface area contributed by atoms with Crippen molar-refractivity contribution in [1.29, 1.82) is 0 Å². The van der Waals surface area contributed by atoms with E-state index in [0.29, 0.717) is 16.5 Å². The van der Waals surface area contributed by atoms with Crippen LogP contribution in [0.4, 0.5) is 0 Å². The minimum atomic E-state index is -0.234. The van der Waals surface area contributed by atoms with Gasteiger partial charge in [0.1, 0.15) is 0 Å². The Kier molecular flexibility index (Phi) is 3.14. The maximum Gasteiger partial charge on any atom is 0.171 e. The van der Waals surface area contributed by atoms with Gasteiger partial charge in [-0.3, -0.25) is 0 Å². The lowest BCUT2D eigenvalue weighted by Gasteiger charge is -2.05. The second-order valence-corrected chi connectivity index (χ2v) is 2.83. The highest BCUT2D eigenvalue weighted by Gasteiger charge is 2.07. The molecule has 0 fully saturated rings. The first kappa shape index (κ1) is 9.58. The molecule has 1 heterocycles. The standard InChI is InChI=1S/C7H7Cl2NO2/c1-12-6-2-4(8)5(3-11)10-7(6)9/h2,11H,3H2,1H3. The van der Waals surface area contributed by atoms with Gasteiger partial charge < -0.3 is 9.84 Å². The summed E-state index contributed by atoms with van der Waals surface area (Å²) in [5.74, 6) is 0.402. The highest BCUT2D eigenvalue weighted by atomic mass is 35.5. The van der Waals surface area contributed by atoms with Crippen LogP contribution in [0.3, 0.4) is 0 Å². The van der Waals surface area contributed by atoms with E-state index in [-0.39, 0.29) is 11.8 Å². The van der Waals surface area contributed by atoms with Gasteiger partial charge in [-0.1, -0.05) is 23.2 Å². The Bertz CT molecular complexity index is 261. The molecule has 1 aromatic rings. The van der Waals surface area contributed by atoms with E-state index in [1.54, 1.807) is 0 Å². The third kappa shape index (κ3) is 1.80. The third-order valence-electron chi connectivity index (χ3n) is 1.34. The van der Waals surface area contributed by atoms with E-state index in [1.807, 2.05) is 0 Å². The van der Waals surface area contributed by atoms with Crippen molar-refractivity contribution in [2.45, 2.75) is 6.61 Å². The molecule has 5 heteroatoms. The summed E-state index contributed by atoms with van der Waals surface area (Å²) >= 11 is 11.4. The number of aliphatic hydroxyl groups excluding tert-OH is 1. The molecular weight excluding hydrogens is 201 g/mol. The van der Waals surface area contributed by atoms with Crippen LogP contribution in [-0.4, -0.2) is 17.2 Å². The first-order valence-corrected chi connectivity index (χ1v) is 3.94. The summed E-state index contributed by atoms with van der Waals surface area (Å²) in [4.78, 5) is 3.82. The van der Waals surface area contributed by atoms with Crippen molar-refractivity contribution in [1.82, 2.24) is 4.98 Å². The molecule has 12 heavy (non-hydrogen) atoms. The fraction of sp³-hybridized carbons (Fsp3) is 0.286. The predicted molar refractivity (Wildman–Crippen MR) is 46.7 cm³/mol. The van der Waals surface area contributed by atoms with Gasteiger partial charge in [-0.05, 0) is 0 Å². The Morgan fingerprint density at radius 3 is 2.75 bits per heavy atom. The van der Waals surface area contributed by atoms with Crippen molar-refractivity contribution < 1.29 is 9.84 Å². The molecule has 0 aromatic carbocycles. The van der Waals surface area contributed by atoms with Crippen LogP contribution in [0, 0.1) is 0 Å². The summed E-state index contributed by atoms with van der Waals surface area (Å²) in [6, 6.07) is 1.52. The molecule has 1 aromatic heterocycles. The smallest absolute Gasteiger partial charge is 0.171 e. The van der Waals surface area contributed by atoms with Crippen molar-refractivity contribution in [3.8, 4) is 5.75 Å². The van der Waals surface area contributed by atoms with Crippen molar-refractivity contribution >= 4 is 23.2 Å². The lowest BCUT2D eigenvalue weighted by atomic mass is 10.3. The molecule has 0 amide bonds. The van der Waals surface area contributed by atoms with E-state index >= 15 is 0 Å².